The zero-order chi connectivity index (χ0) is 18.0. The molecular formula is C17H23N3O4S. The third-order valence-corrected chi connectivity index (χ3v) is 6.03. The normalized spacial score (nSPS) is 26.0. The van der Waals surface area contributed by atoms with Crippen molar-refractivity contribution in [2.45, 2.75) is 44.2 Å². The van der Waals surface area contributed by atoms with Gasteiger partial charge in [-0.3, -0.25) is 19.3 Å². The van der Waals surface area contributed by atoms with Crippen molar-refractivity contribution in [3.8, 4) is 0 Å². The predicted octanol–water partition coefficient (Wildman–Crippen LogP) is 1.59. The molecule has 1 aromatic heterocycles. The highest BCUT2D eigenvalue weighted by Gasteiger charge is 2.46. The Hall–Kier alpha value is -1.93. The summed E-state index contributed by atoms with van der Waals surface area (Å²) >= 11 is 1.26. The van der Waals surface area contributed by atoms with Crippen LogP contribution in [0.25, 0.3) is 0 Å². The second-order valence-electron chi connectivity index (χ2n) is 6.63. The molecule has 3 rings (SSSR count). The van der Waals surface area contributed by atoms with E-state index < -0.39 is 5.91 Å². The van der Waals surface area contributed by atoms with Crippen LogP contribution < -0.4 is 11.1 Å². The van der Waals surface area contributed by atoms with Crippen LogP contribution in [-0.2, 0) is 14.3 Å². The van der Waals surface area contributed by atoms with E-state index in [2.05, 4.69) is 5.32 Å². The van der Waals surface area contributed by atoms with Gasteiger partial charge >= 0.3 is 5.97 Å². The standard InChI is InChI=1S/C17H23N3O4S/c1-24-17(23)13-8-10-4-2-3-5-12(10)20(13)9-14(21)19-16-11(15(18)22)6-7-25-16/h6-7,10,12-13H,2-5,8-9H2,1H3,(H2,18,22)(H,19,21). The lowest BCUT2D eigenvalue weighted by atomic mass is 9.85. The van der Waals surface area contributed by atoms with E-state index in [-0.39, 0.29) is 30.5 Å². The average Bonchev–Trinajstić information content (AvgIpc) is 3.19. The number of nitrogens with zero attached hydrogens (tertiary/aromatic N) is 1. The van der Waals surface area contributed by atoms with E-state index >= 15 is 0 Å². The van der Waals surface area contributed by atoms with Gasteiger partial charge in [0, 0.05) is 6.04 Å². The fraction of sp³-hybridized carbons (Fsp3) is 0.588. The van der Waals surface area contributed by atoms with Gasteiger partial charge in [0.05, 0.1) is 19.2 Å². The number of carbonyl (C=O) groups excluding carboxylic acids is 3. The number of ether oxygens (including phenoxy) is 1. The van der Waals surface area contributed by atoms with Crippen molar-refractivity contribution in [1.29, 1.82) is 0 Å². The van der Waals surface area contributed by atoms with Crippen molar-refractivity contribution in [3.63, 3.8) is 0 Å². The van der Waals surface area contributed by atoms with Crippen molar-refractivity contribution in [3.05, 3.63) is 17.0 Å². The molecule has 2 amide bonds. The smallest absolute Gasteiger partial charge is 0.323 e. The first-order valence-corrected chi connectivity index (χ1v) is 9.40. The molecule has 1 saturated heterocycles. The number of methoxy groups -OCH3 is 1. The predicted molar refractivity (Wildman–Crippen MR) is 94.3 cm³/mol. The molecule has 136 valence electrons. The molecule has 1 aliphatic carbocycles. The maximum absolute atomic E-state index is 12.5. The van der Waals surface area contributed by atoms with Gasteiger partial charge in [0.15, 0.2) is 0 Å². The number of esters is 1. The number of amides is 2. The Kier molecular flexibility index (Phi) is 5.39. The summed E-state index contributed by atoms with van der Waals surface area (Å²) in [5.74, 6) is -0.660. The number of rotatable bonds is 5. The number of primary amides is 1. The van der Waals surface area contributed by atoms with E-state index in [1.165, 1.54) is 24.9 Å². The maximum atomic E-state index is 12.5. The van der Waals surface area contributed by atoms with Gasteiger partial charge in [-0.25, -0.2) is 0 Å². The zero-order valence-electron chi connectivity index (χ0n) is 14.2. The van der Waals surface area contributed by atoms with Gasteiger partial charge in [0.1, 0.15) is 11.0 Å². The molecule has 2 heterocycles. The van der Waals surface area contributed by atoms with Gasteiger partial charge in [-0.1, -0.05) is 12.8 Å². The highest BCUT2D eigenvalue weighted by molar-refractivity contribution is 7.14. The summed E-state index contributed by atoms with van der Waals surface area (Å²) in [5.41, 5.74) is 5.62. The molecule has 3 N–H and O–H groups in total. The third kappa shape index (κ3) is 3.69. The Balaban J connectivity index is 1.71. The van der Waals surface area contributed by atoms with Crippen molar-refractivity contribution >= 4 is 34.1 Å². The molecule has 3 atom stereocenters. The van der Waals surface area contributed by atoms with Gasteiger partial charge < -0.3 is 15.8 Å². The number of hydrogen-bond acceptors (Lipinski definition) is 6. The summed E-state index contributed by atoms with van der Waals surface area (Å²) in [7, 11) is 1.38. The first-order valence-electron chi connectivity index (χ1n) is 8.52. The molecule has 0 spiro atoms. The van der Waals surface area contributed by atoms with Crippen molar-refractivity contribution in [2.24, 2.45) is 11.7 Å². The van der Waals surface area contributed by atoms with Crippen molar-refractivity contribution in [2.75, 3.05) is 19.0 Å². The lowest BCUT2D eigenvalue weighted by molar-refractivity contribution is -0.146. The van der Waals surface area contributed by atoms with Crippen LogP contribution in [0.15, 0.2) is 11.4 Å². The van der Waals surface area contributed by atoms with Crippen LogP contribution in [-0.4, -0.2) is 48.4 Å². The minimum absolute atomic E-state index is 0.108. The topological polar surface area (TPSA) is 102 Å². The SMILES string of the molecule is COC(=O)C1CC2CCCCC2N1CC(=O)Nc1sccc1C(N)=O. The van der Waals surface area contributed by atoms with Gasteiger partial charge in [0.2, 0.25) is 5.91 Å². The minimum Gasteiger partial charge on any atom is -0.468 e. The Labute approximate surface area is 150 Å². The molecule has 0 radical (unpaired) electrons. The number of nitrogens with one attached hydrogen (secondary N) is 1. The number of carbonyl (C=O) groups is 3. The fourth-order valence-electron chi connectivity index (χ4n) is 4.08. The molecule has 1 aromatic rings. The average molecular weight is 365 g/mol. The highest BCUT2D eigenvalue weighted by atomic mass is 32.1. The minimum atomic E-state index is -0.572. The molecule has 3 unspecified atom stereocenters. The molecular weight excluding hydrogens is 342 g/mol. The largest absolute Gasteiger partial charge is 0.468 e. The van der Waals surface area contributed by atoms with Crippen LogP contribution in [0.4, 0.5) is 5.00 Å². The van der Waals surface area contributed by atoms with Crippen LogP contribution in [0.1, 0.15) is 42.5 Å². The molecule has 7 nitrogen and oxygen atoms in total. The third-order valence-electron chi connectivity index (χ3n) is 5.20. The zero-order valence-corrected chi connectivity index (χ0v) is 15.0. The van der Waals surface area contributed by atoms with Crippen molar-refractivity contribution in [1.82, 2.24) is 4.90 Å². The molecule has 1 aliphatic heterocycles. The summed E-state index contributed by atoms with van der Waals surface area (Å²) in [6, 6.07) is 1.46. The first kappa shape index (κ1) is 17.9. The van der Waals surface area contributed by atoms with E-state index in [1.807, 2.05) is 4.90 Å². The summed E-state index contributed by atoms with van der Waals surface area (Å²) in [4.78, 5) is 38.0. The summed E-state index contributed by atoms with van der Waals surface area (Å²) in [6.07, 6.45) is 5.12. The second-order valence-corrected chi connectivity index (χ2v) is 7.55. The number of nitrogens with two attached hydrogens (primary N) is 1. The number of hydrogen-bond donors (Lipinski definition) is 2. The molecule has 0 aromatic carbocycles. The Morgan fingerprint density at radius 1 is 1.36 bits per heavy atom. The van der Waals surface area contributed by atoms with E-state index in [4.69, 9.17) is 10.5 Å². The number of likely N-dealkylation sites (tertiary alicyclic amines) is 1. The monoisotopic (exact) mass is 365 g/mol. The van der Waals surface area contributed by atoms with Gasteiger partial charge in [-0.2, -0.15) is 0 Å². The van der Waals surface area contributed by atoms with E-state index in [0.29, 0.717) is 16.5 Å². The Morgan fingerprint density at radius 2 is 2.12 bits per heavy atom. The molecule has 2 aliphatic rings. The lowest BCUT2D eigenvalue weighted by Gasteiger charge is -2.32. The molecule has 2 fully saturated rings. The van der Waals surface area contributed by atoms with Gasteiger partial charge in [0.25, 0.3) is 5.91 Å². The first-order chi connectivity index (χ1) is 12.0. The highest BCUT2D eigenvalue weighted by Crippen LogP contribution is 2.40. The number of anilines is 1. The van der Waals surface area contributed by atoms with E-state index in [9.17, 15) is 14.4 Å². The van der Waals surface area contributed by atoms with Crippen LogP contribution in [0.5, 0.6) is 0 Å². The Bertz CT molecular complexity index is 675. The summed E-state index contributed by atoms with van der Waals surface area (Å²) in [5, 5.41) is 4.92. The van der Waals surface area contributed by atoms with Gasteiger partial charge in [-0.15, -0.1) is 11.3 Å². The second kappa shape index (κ2) is 7.53. The van der Waals surface area contributed by atoms with Crippen LogP contribution in [0.3, 0.4) is 0 Å². The van der Waals surface area contributed by atoms with Crippen LogP contribution in [0.2, 0.25) is 0 Å². The maximum Gasteiger partial charge on any atom is 0.323 e. The number of fused-ring (bicyclic) bond motifs is 1. The number of thiophene rings is 1. The Morgan fingerprint density at radius 3 is 2.84 bits per heavy atom. The quantitative estimate of drug-likeness (QED) is 0.772. The van der Waals surface area contributed by atoms with E-state index in [0.717, 1.165) is 25.7 Å². The fourth-order valence-corrected chi connectivity index (χ4v) is 4.89. The lowest BCUT2D eigenvalue weighted by Crippen LogP contribution is -2.46. The van der Waals surface area contributed by atoms with E-state index in [1.54, 1.807) is 11.4 Å². The van der Waals surface area contributed by atoms with Crippen LogP contribution in [0, 0.1) is 5.92 Å². The van der Waals surface area contributed by atoms with Crippen molar-refractivity contribution < 1.29 is 19.1 Å². The molecule has 8 heteroatoms. The van der Waals surface area contributed by atoms with Crippen LogP contribution >= 0.6 is 11.3 Å². The van der Waals surface area contributed by atoms with Gasteiger partial charge in [-0.05, 0) is 36.6 Å². The summed E-state index contributed by atoms with van der Waals surface area (Å²) < 4.78 is 4.94. The molecule has 25 heavy (non-hydrogen) atoms. The summed E-state index contributed by atoms with van der Waals surface area (Å²) in [6.45, 7) is 0.108. The molecule has 0 bridgehead atoms. The molecule has 1 saturated carbocycles.